The van der Waals surface area contributed by atoms with Crippen molar-refractivity contribution in [1.29, 1.82) is 0 Å². The molecule has 0 aromatic carbocycles. The summed E-state index contributed by atoms with van der Waals surface area (Å²) in [5.74, 6) is 1.93. The second-order valence-electron chi connectivity index (χ2n) is 11.1. The van der Waals surface area contributed by atoms with Gasteiger partial charge < -0.3 is 20.1 Å². The predicted molar refractivity (Wildman–Crippen MR) is 150 cm³/mol. The molecule has 41 heavy (non-hydrogen) atoms. The second kappa shape index (κ2) is 11.2. The molecule has 2 aliphatic heterocycles. The highest BCUT2D eigenvalue weighted by Crippen LogP contribution is 2.40. The summed E-state index contributed by atoms with van der Waals surface area (Å²) in [4.78, 5) is 22.9. The van der Waals surface area contributed by atoms with Crippen LogP contribution >= 0.6 is 0 Å². The van der Waals surface area contributed by atoms with E-state index in [4.69, 9.17) is 14.5 Å². The zero-order valence-corrected chi connectivity index (χ0v) is 23.4. The minimum absolute atomic E-state index is 0.0240. The van der Waals surface area contributed by atoms with E-state index in [0.717, 1.165) is 54.1 Å². The van der Waals surface area contributed by atoms with Gasteiger partial charge in [-0.2, -0.15) is 10.2 Å². The number of nitrogens with zero attached hydrogens (tertiary/aromatic N) is 5. The lowest BCUT2D eigenvalue weighted by Gasteiger charge is -2.40. The van der Waals surface area contributed by atoms with Crippen LogP contribution in [0.15, 0.2) is 53.7 Å². The molecule has 3 aromatic rings. The normalized spacial score (nSPS) is 26.6. The Bertz CT molecular complexity index is 1450. The topological polar surface area (TPSA) is 131 Å². The van der Waals surface area contributed by atoms with Crippen molar-refractivity contribution < 1.29 is 18.7 Å². The molecule has 3 atom stereocenters. The smallest absolute Gasteiger partial charge is 0.252 e. The van der Waals surface area contributed by atoms with E-state index in [1.807, 2.05) is 26.0 Å². The molecule has 216 valence electrons. The Morgan fingerprint density at radius 1 is 1.27 bits per heavy atom. The van der Waals surface area contributed by atoms with E-state index in [0.29, 0.717) is 25.3 Å². The first-order valence-corrected chi connectivity index (χ1v) is 14.1. The number of methoxy groups -OCH3 is 1. The van der Waals surface area contributed by atoms with E-state index >= 15 is 0 Å². The number of pyridine rings is 1. The van der Waals surface area contributed by atoms with Crippen molar-refractivity contribution in [3.63, 3.8) is 0 Å². The van der Waals surface area contributed by atoms with Gasteiger partial charge in [0.05, 0.1) is 24.1 Å². The fraction of sp³-hybridized carbons (Fsp3) is 0.483. The summed E-state index contributed by atoms with van der Waals surface area (Å²) < 4.78 is 26.7. The van der Waals surface area contributed by atoms with Crippen LogP contribution in [0.25, 0.3) is 5.82 Å². The number of anilines is 1. The van der Waals surface area contributed by atoms with Gasteiger partial charge in [-0.25, -0.2) is 19.0 Å². The van der Waals surface area contributed by atoms with E-state index in [1.54, 1.807) is 19.4 Å². The average molecular weight is 563 g/mol. The maximum atomic E-state index is 13.6. The van der Waals surface area contributed by atoms with Crippen LogP contribution in [0.4, 0.5) is 10.2 Å². The van der Waals surface area contributed by atoms with Crippen LogP contribution in [0.2, 0.25) is 0 Å². The van der Waals surface area contributed by atoms with Gasteiger partial charge in [0, 0.05) is 43.5 Å². The first kappa shape index (κ1) is 27.3. The van der Waals surface area contributed by atoms with Crippen molar-refractivity contribution in [2.45, 2.75) is 63.7 Å². The van der Waals surface area contributed by atoms with E-state index in [2.05, 4.69) is 37.0 Å². The van der Waals surface area contributed by atoms with Crippen molar-refractivity contribution in [3.05, 3.63) is 65.8 Å². The van der Waals surface area contributed by atoms with Gasteiger partial charge in [-0.05, 0) is 63.7 Å². The van der Waals surface area contributed by atoms with Crippen molar-refractivity contribution in [3.8, 4) is 5.82 Å². The van der Waals surface area contributed by atoms with Gasteiger partial charge in [0.2, 0.25) is 0 Å². The van der Waals surface area contributed by atoms with Crippen LogP contribution in [0, 0.1) is 24.6 Å². The molecule has 5 heterocycles. The molecule has 11 nitrogen and oxygen atoms in total. The molecule has 1 saturated carbocycles. The molecule has 12 heteroatoms. The van der Waals surface area contributed by atoms with Gasteiger partial charge >= 0.3 is 0 Å². The van der Waals surface area contributed by atoms with Crippen LogP contribution in [0.1, 0.15) is 56.3 Å². The van der Waals surface area contributed by atoms with Crippen LogP contribution in [0.5, 0.6) is 0 Å². The third kappa shape index (κ3) is 5.53. The third-order valence-corrected chi connectivity index (χ3v) is 8.43. The lowest BCUT2D eigenvalue weighted by molar-refractivity contribution is -0.148. The largest absolute Gasteiger partial charge is 0.372 e. The molecule has 3 aliphatic rings. The Kier molecular flexibility index (Phi) is 7.43. The number of carbonyl (C=O) groups is 1. The number of carbonyl (C=O) groups excluding carboxylic acids is 1. The highest BCUT2D eigenvalue weighted by molar-refractivity contribution is 5.94. The Hall–Kier alpha value is -3.90. The number of aromatic nitrogens is 5. The van der Waals surface area contributed by atoms with Crippen LogP contribution in [-0.4, -0.2) is 62.0 Å². The van der Waals surface area contributed by atoms with Gasteiger partial charge in [-0.1, -0.05) is 6.07 Å². The number of fused-ring (bicyclic) bond motifs is 1. The summed E-state index contributed by atoms with van der Waals surface area (Å²) in [6.07, 6.45) is 9.84. The summed E-state index contributed by atoms with van der Waals surface area (Å²) in [6.45, 7) is 4.58. The number of rotatable bonds is 8. The number of hydrogen-bond acceptors (Lipinski definition) is 8. The Balaban J connectivity index is 1.11. The summed E-state index contributed by atoms with van der Waals surface area (Å²) in [6, 6.07) is 5.26. The number of aromatic amines is 1. The maximum Gasteiger partial charge on any atom is 0.252 e. The molecular weight excluding hydrogens is 527 g/mol. The molecule has 3 N–H and O–H groups in total. The van der Waals surface area contributed by atoms with Gasteiger partial charge in [-0.15, -0.1) is 0 Å². The molecule has 1 saturated heterocycles. The zero-order valence-electron chi connectivity index (χ0n) is 23.4. The van der Waals surface area contributed by atoms with Crippen LogP contribution < -0.4 is 10.6 Å². The summed E-state index contributed by atoms with van der Waals surface area (Å²) in [7, 11) is 1.61. The Morgan fingerprint density at radius 3 is 2.76 bits per heavy atom. The molecule has 0 bridgehead atoms. The quantitative estimate of drug-likeness (QED) is 0.378. The second-order valence-corrected chi connectivity index (χ2v) is 11.1. The molecular formula is C29H35FN8O3. The van der Waals surface area contributed by atoms with Crippen molar-refractivity contribution >= 4 is 17.4 Å². The monoisotopic (exact) mass is 562 g/mol. The SMILES string of the molecule is CO[C@]1(C(=O)N[C@@H](C)c2ccc(-n3cc(F)cn3)nc2)CC[C@H](C2=NC(Nc3cc(C)[nH]n3)=CC3CCOC23)CC1. The highest BCUT2D eigenvalue weighted by Gasteiger charge is 2.46. The summed E-state index contributed by atoms with van der Waals surface area (Å²) in [5, 5.41) is 17.6. The van der Waals surface area contributed by atoms with Crippen LogP contribution in [0.3, 0.4) is 0 Å². The van der Waals surface area contributed by atoms with Gasteiger partial charge in [0.1, 0.15) is 17.5 Å². The standard InChI is InChI=1S/C29H35FN8O3/c1-17-12-24(37-36-17)34-23-13-20-8-11-41-27(20)26(35-23)19-6-9-29(40-3,10-7-19)28(39)33-18(2)21-4-5-25(31-14-21)38-16-22(30)15-32-38/h4-5,12-16,18-20,27H,6-11H2,1-3H3,(H,33,39)(H2,34,36,37)/t18-,19-,20?,27?,29+/m0/s1. The fourth-order valence-electron chi connectivity index (χ4n) is 6.06. The zero-order chi connectivity index (χ0) is 28.6. The number of H-pyrrole nitrogens is 1. The van der Waals surface area contributed by atoms with E-state index in [9.17, 15) is 9.18 Å². The highest BCUT2D eigenvalue weighted by atomic mass is 19.1. The van der Waals surface area contributed by atoms with E-state index < -0.39 is 11.4 Å². The number of amides is 1. The number of nitrogens with one attached hydrogen (secondary N) is 3. The van der Waals surface area contributed by atoms with Gasteiger partial charge in [0.15, 0.2) is 17.5 Å². The first-order valence-electron chi connectivity index (χ1n) is 14.1. The molecule has 0 radical (unpaired) electrons. The number of halogens is 1. The fourth-order valence-corrected chi connectivity index (χ4v) is 6.06. The molecule has 1 amide bonds. The molecule has 0 spiro atoms. The average Bonchev–Trinajstić information content (AvgIpc) is 3.74. The van der Waals surface area contributed by atoms with Crippen LogP contribution in [-0.2, 0) is 14.3 Å². The Labute approximate surface area is 237 Å². The summed E-state index contributed by atoms with van der Waals surface area (Å²) >= 11 is 0. The van der Waals surface area contributed by atoms with Gasteiger partial charge in [-0.3, -0.25) is 9.89 Å². The number of ether oxygens (including phenoxy) is 2. The van der Waals surface area contributed by atoms with E-state index in [1.165, 1.54) is 10.9 Å². The number of aliphatic imine (C=N–C) groups is 1. The Morgan fingerprint density at radius 2 is 2.10 bits per heavy atom. The molecule has 3 aromatic heterocycles. The first-order chi connectivity index (χ1) is 19.8. The number of hydrogen-bond donors (Lipinski definition) is 3. The van der Waals surface area contributed by atoms with E-state index in [-0.39, 0.29) is 29.9 Å². The lowest BCUT2D eigenvalue weighted by atomic mass is 9.73. The molecule has 6 rings (SSSR count). The van der Waals surface area contributed by atoms with Gasteiger partial charge in [0.25, 0.3) is 5.91 Å². The van der Waals surface area contributed by atoms with Crippen molar-refractivity contribution in [1.82, 2.24) is 30.3 Å². The minimum atomic E-state index is -0.917. The lowest BCUT2D eigenvalue weighted by Crippen LogP contribution is -2.52. The minimum Gasteiger partial charge on any atom is -0.372 e. The molecule has 2 fully saturated rings. The maximum absolute atomic E-state index is 13.6. The summed E-state index contributed by atoms with van der Waals surface area (Å²) in [5.41, 5.74) is 1.94. The molecule has 2 unspecified atom stereocenters. The molecule has 1 aliphatic carbocycles. The predicted octanol–water partition coefficient (Wildman–Crippen LogP) is 4.00. The third-order valence-electron chi connectivity index (χ3n) is 8.43. The number of aryl methyl sites for hydroxylation is 1. The van der Waals surface area contributed by atoms with Crippen molar-refractivity contribution in [2.24, 2.45) is 16.8 Å². The van der Waals surface area contributed by atoms with Crippen molar-refractivity contribution in [2.75, 3.05) is 19.0 Å².